The zero-order valence-corrected chi connectivity index (χ0v) is 12.6. The second kappa shape index (κ2) is 6.36. The van der Waals surface area contributed by atoms with Crippen molar-refractivity contribution < 1.29 is 9.59 Å². The van der Waals surface area contributed by atoms with Crippen LogP contribution in [-0.2, 0) is 0 Å². The van der Waals surface area contributed by atoms with E-state index in [1.54, 1.807) is 4.90 Å². The van der Waals surface area contributed by atoms with Gasteiger partial charge < -0.3 is 16.0 Å². The molecule has 0 aliphatic carbocycles. The van der Waals surface area contributed by atoms with Gasteiger partial charge >= 0.3 is 6.03 Å². The molecule has 6 heteroatoms. The Kier molecular flexibility index (Phi) is 4.29. The molecular weight excluding hydrogens is 280 g/mol. The van der Waals surface area contributed by atoms with Gasteiger partial charge in [-0.2, -0.15) is 0 Å². The van der Waals surface area contributed by atoms with Gasteiger partial charge in [0, 0.05) is 37.4 Å². The summed E-state index contributed by atoms with van der Waals surface area (Å²) >= 11 is 0. The van der Waals surface area contributed by atoms with E-state index in [1.807, 2.05) is 29.2 Å². The summed E-state index contributed by atoms with van der Waals surface area (Å²) in [4.78, 5) is 28.1. The molecule has 3 rings (SSSR count). The number of amides is 3. The van der Waals surface area contributed by atoms with E-state index in [4.69, 9.17) is 5.73 Å². The smallest absolute Gasteiger partial charge is 0.321 e. The quantitative estimate of drug-likeness (QED) is 0.875. The number of nitrogens with one attached hydrogen (secondary N) is 1. The highest BCUT2D eigenvalue weighted by Crippen LogP contribution is 2.22. The first kappa shape index (κ1) is 14.8. The highest BCUT2D eigenvalue weighted by atomic mass is 16.2. The van der Waals surface area contributed by atoms with Crippen molar-refractivity contribution in [3.05, 3.63) is 29.8 Å². The number of likely N-dealkylation sites (tertiary alicyclic amines) is 1. The van der Waals surface area contributed by atoms with Gasteiger partial charge in [0.2, 0.25) is 0 Å². The third-order valence-electron chi connectivity index (χ3n) is 4.39. The summed E-state index contributed by atoms with van der Waals surface area (Å²) in [7, 11) is 0. The molecule has 0 bridgehead atoms. The highest BCUT2D eigenvalue weighted by molar-refractivity contribution is 5.98. The summed E-state index contributed by atoms with van der Waals surface area (Å²) in [5, 5.41) is 2.83. The van der Waals surface area contributed by atoms with Gasteiger partial charge in [0.05, 0.1) is 0 Å². The number of carbonyl (C=O) groups excluding carboxylic acids is 2. The average molecular weight is 302 g/mol. The van der Waals surface area contributed by atoms with Gasteiger partial charge in [0.1, 0.15) is 0 Å². The molecule has 1 aromatic carbocycles. The van der Waals surface area contributed by atoms with Crippen molar-refractivity contribution in [2.45, 2.75) is 12.8 Å². The third-order valence-corrected chi connectivity index (χ3v) is 4.39. The Morgan fingerprint density at radius 3 is 2.95 bits per heavy atom. The van der Waals surface area contributed by atoms with Crippen LogP contribution in [0.5, 0.6) is 0 Å². The molecular formula is C16H22N4O2. The normalized spacial score (nSPS) is 21.9. The maximum Gasteiger partial charge on any atom is 0.321 e. The third kappa shape index (κ3) is 2.92. The van der Waals surface area contributed by atoms with Gasteiger partial charge in [0.25, 0.3) is 5.91 Å². The summed E-state index contributed by atoms with van der Waals surface area (Å²) in [5.41, 5.74) is 7.09. The Morgan fingerprint density at radius 1 is 1.36 bits per heavy atom. The number of hydrogen-bond donors (Lipinski definition) is 2. The number of benzene rings is 1. The van der Waals surface area contributed by atoms with E-state index >= 15 is 0 Å². The minimum absolute atomic E-state index is 0.0233. The second-order valence-corrected chi connectivity index (χ2v) is 5.93. The van der Waals surface area contributed by atoms with Crippen molar-refractivity contribution in [3.63, 3.8) is 0 Å². The lowest BCUT2D eigenvalue weighted by Crippen LogP contribution is -2.46. The zero-order chi connectivity index (χ0) is 15.5. The molecule has 118 valence electrons. The predicted octanol–water partition coefficient (Wildman–Crippen LogP) is 1.03. The SMILES string of the molecule is NCC1CCN(C(=O)c2cccc(N3CCCNC3=O)c2)C1. The average Bonchev–Trinajstić information content (AvgIpc) is 3.04. The van der Waals surface area contributed by atoms with E-state index in [-0.39, 0.29) is 11.9 Å². The van der Waals surface area contributed by atoms with Gasteiger partial charge in [-0.05, 0) is 43.5 Å². The second-order valence-electron chi connectivity index (χ2n) is 5.93. The minimum Gasteiger partial charge on any atom is -0.338 e. The van der Waals surface area contributed by atoms with Crippen LogP contribution in [-0.4, -0.2) is 49.6 Å². The topological polar surface area (TPSA) is 78.7 Å². The minimum atomic E-state index is -0.0970. The zero-order valence-electron chi connectivity index (χ0n) is 12.6. The molecule has 0 spiro atoms. The molecule has 0 saturated carbocycles. The van der Waals surface area contributed by atoms with Crippen LogP contribution in [0.2, 0.25) is 0 Å². The summed E-state index contributed by atoms with van der Waals surface area (Å²) in [6, 6.07) is 7.22. The Hall–Kier alpha value is -2.08. The van der Waals surface area contributed by atoms with Crippen molar-refractivity contribution in [1.29, 1.82) is 0 Å². The number of hydrogen-bond acceptors (Lipinski definition) is 3. The largest absolute Gasteiger partial charge is 0.338 e. The van der Waals surface area contributed by atoms with E-state index in [1.165, 1.54) is 0 Å². The fourth-order valence-electron chi connectivity index (χ4n) is 3.07. The van der Waals surface area contributed by atoms with Gasteiger partial charge in [-0.15, -0.1) is 0 Å². The molecule has 0 radical (unpaired) electrons. The van der Waals surface area contributed by atoms with Crippen molar-refractivity contribution in [1.82, 2.24) is 10.2 Å². The van der Waals surface area contributed by atoms with E-state index in [2.05, 4.69) is 5.32 Å². The molecule has 1 aromatic rings. The van der Waals surface area contributed by atoms with Crippen molar-refractivity contribution >= 4 is 17.6 Å². The first-order chi connectivity index (χ1) is 10.7. The summed E-state index contributed by atoms with van der Waals surface area (Å²) in [6.45, 7) is 3.50. The van der Waals surface area contributed by atoms with Crippen LogP contribution in [0.25, 0.3) is 0 Å². The van der Waals surface area contributed by atoms with Gasteiger partial charge in [-0.25, -0.2) is 4.79 Å². The number of urea groups is 1. The standard InChI is InChI=1S/C16H22N4O2/c17-10-12-5-8-19(11-12)15(21)13-3-1-4-14(9-13)20-7-2-6-18-16(20)22/h1,3-4,9,12H,2,5-8,10-11,17H2,(H,18,22). The van der Waals surface area contributed by atoms with Crippen LogP contribution in [0.3, 0.4) is 0 Å². The molecule has 2 heterocycles. The number of nitrogens with two attached hydrogens (primary N) is 1. The molecule has 1 atom stereocenters. The van der Waals surface area contributed by atoms with E-state index in [0.29, 0.717) is 31.1 Å². The van der Waals surface area contributed by atoms with Crippen molar-refractivity contribution in [3.8, 4) is 0 Å². The molecule has 22 heavy (non-hydrogen) atoms. The molecule has 2 aliphatic rings. The Bertz CT molecular complexity index is 575. The fraction of sp³-hybridized carbons (Fsp3) is 0.500. The van der Waals surface area contributed by atoms with Crippen molar-refractivity contribution in [2.24, 2.45) is 11.7 Å². The van der Waals surface area contributed by atoms with E-state index in [9.17, 15) is 9.59 Å². The monoisotopic (exact) mass is 302 g/mol. The number of anilines is 1. The molecule has 2 fully saturated rings. The molecule has 1 unspecified atom stereocenters. The number of nitrogens with zero attached hydrogens (tertiary/aromatic N) is 2. The van der Waals surface area contributed by atoms with Gasteiger partial charge in [-0.3, -0.25) is 9.69 Å². The predicted molar refractivity (Wildman–Crippen MR) is 84.9 cm³/mol. The van der Waals surface area contributed by atoms with E-state index < -0.39 is 0 Å². The van der Waals surface area contributed by atoms with Gasteiger partial charge in [-0.1, -0.05) is 6.07 Å². The van der Waals surface area contributed by atoms with Crippen LogP contribution >= 0.6 is 0 Å². The Balaban J connectivity index is 1.76. The lowest BCUT2D eigenvalue weighted by Gasteiger charge is -2.28. The molecule has 0 aromatic heterocycles. The summed E-state index contributed by atoms with van der Waals surface area (Å²) in [5.74, 6) is 0.426. The maximum atomic E-state index is 12.6. The van der Waals surface area contributed by atoms with Gasteiger partial charge in [0.15, 0.2) is 0 Å². The van der Waals surface area contributed by atoms with Crippen molar-refractivity contribution in [2.75, 3.05) is 37.6 Å². The number of carbonyl (C=O) groups is 2. The molecule has 3 amide bonds. The fourth-order valence-corrected chi connectivity index (χ4v) is 3.07. The lowest BCUT2D eigenvalue weighted by atomic mass is 10.1. The van der Waals surface area contributed by atoms with Crippen LogP contribution in [0.1, 0.15) is 23.2 Å². The van der Waals surface area contributed by atoms with E-state index in [0.717, 1.165) is 31.6 Å². The van der Waals surface area contributed by atoms with Crippen LogP contribution in [0.4, 0.5) is 10.5 Å². The molecule has 3 N–H and O–H groups in total. The lowest BCUT2D eigenvalue weighted by molar-refractivity contribution is 0.0787. The Morgan fingerprint density at radius 2 is 2.23 bits per heavy atom. The van der Waals surface area contributed by atoms with Crippen LogP contribution in [0.15, 0.2) is 24.3 Å². The van der Waals surface area contributed by atoms with Crippen LogP contribution in [0, 0.1) is 5.92 Å². The first-order valence-electron chi connectivity index (χ1n) is 7.84. The Labute approximate surface area is 130 Å². The molecule has 6 nitrogen and oxygen atoms in total. The summed E-state index contributed by atoms with van der Waals surface area (Å²) < 4.78 is 0. The summed E-state index contributed by atoms with van der Waals surface area (Å²) in [6.07, 6.45) is 1.88. The number of rotatable bonds is 3. The molecule has 2 aliphatic heterocycles. The maximum absolute atomic E-state index is 12.6. The first-order valence-corrected chi connectivity index (χ1v) is 7.84. The highest BCUT2D eigenvalue weighted by Gasteiger charge is 2.27. The van der Waals surface area contributed by atoms with Crippen LogP contribution < -0.4 is 16.0 Å². The molecule has 2 saturated heterocycles.